The highest BCUT2D eigenvalue weighted by atomic mass is 16.4. The lowest BCUT2D eigenvalue weighted by Crippen LogP contribution is -2.44. The van der Waals surface area contributed by atoms with Crippen LogP contribution in [-0.2, 0) is 10.5 Å². The normalized spacial score (nSPS) is 11.6. The number of nitrogens with zero attached hydrogens (tertiary/aromatic N) is 2. The molecule has 2 rings (SSSR count). The monoisotopic (exact) mass is 268 g/mol. The fourth-order valence-electron chi connectivity index (χ4n) is 2.01. The number of carboxylic acid groups (broad SMARTS) is 1. The lowest BCUT2D eigenvalue weighted by Gasteiger charge is -2.30. The van der Waals surface area contributed by atoms with Crippen LogP contribution in [0.1, 0.15) is 6.92 Å². The number of aromatic hydroxyl groups is 4. The van der Waals surface area contributed by atoms with Gasteiger partial charge in [-0.1, -0.05) is 0 Å². The molecule has 2 heterocycles. The number of carbonyl (C=O) groups is 1. The van der Waals surface area contributed by atoms with E-state index in [2.05, 4.69) is 0 Å². The molecule has 0 aromatic carbocycles. The van der Waals surface area contributed by atoms with Crippen molar-refractivity contribution in [2.24, 2.45) is 0 Å². The van der Waals surface area contributed by atoms with Gasteiger partial charge in [-0.2, -0.15) is 0 Å². The molecular formula is C11H12N2O6. The molecule has 5 N–H and O–H groups in total. The summed E-state index contributed by atoms with van der Waals surface area (Å²) in [5, 5.41) is 48.0. The van der Waals surface area contributed by atoms with Crippen LogP contribution in [-0.4, -0.2) is 40.6 Å². The van der Waals surface area contributed by atoms with E-state index in [-0.39, 0.29) is 0 Å². The second kappa shape index (κ2) is 3.87. The Morgan fingerprint density at radius 2 is 1.16 bits per heavy atom. The van der Waals surface area contributed by atoms with E-state index in [1.165, 1.54) is 0 Å². The Morgan fingerprint density at radius 1 is 0.895 bits per heavy atom. The van der Waals surface area contributed by atoms with E-state index in [1.54, 1.807) is 0 Å². The molecule has 0 radical (unpaired) electrons. The van der Waals surface area contributed by atoms with Gasteiger partial charge in [0.2, 0.25) is 5.66 Å². The van der Waals surface area contributed by atoms with E-state index in [1.807, 2.05) is 0 Å². The van der Waals surface area contributed by atoms with Gasteiger partial charge in [0.25, 0.3) is 0 Å². The zero-order valence-electron chi connectivity index (χ0n) is 9.85. The van der Waals surface area contributed by atoms with E-state index in [9.17, 15) is 30.3 Å². The largest absolute Gasteiger partial charge is 0.494 e. The number of hydrogen-bond donors (Lipinski definition) is 5. The lowest BCUT2D eigenvalue weighted by atomic mass is 10.2. The van der Waals surface area contributed by atoms with Crippen molar-refractivity contribution in [2.75, 3.05) is 0 Å². The van der Waals surface area contributed by atoms with E-state index < -0.39 is 35.2 Å². The average molecular weight is 268 g/mol. The highest BCUT2D eigenvalue weighted by molar-refractivity contribution is 5.78. The van der Waals surface area contributed by atoms with Gasteiger partial charge in [-0.3, -0.25) is 0 Å². The zero-order valence-corrected chi connectivity index (χ0v) is 9.85. The maximum absolute atomic E-state index is 11.5. The fourth-order valence-corrected chi connectivity index (χ4v) is 2.01. The van der Waals surface area contributed by atoms with E-state index in [4.69, 9.17) is 0 Å². The Hall–Kier alpha value is -2.77. The molecule has 0 spiro atoms. The van der Waals surface area contributed by atoms with Gasteiger partial charge in [-0.15, -0.1) is 0 Å². The van der Waals surface area contributed by atoms with Crippen molar-refractivity contribution in [2.45, 2.75) is 12.6 Å². The minimum absolute atomic E-state index is 0.532. The molecule has 8 heteroatoms. The third-order valence-electron chi connectivity index (χ3n) is 2.96. The Morgan fingerprint density at radius 3 is 1.37 bits per heavy atom. The van der Waals surface area contributed by atoms with Crippen LogP contribution in [0, 0.1) is 0 Å². The van der Waals surface area contributed by atoms with Crippen LogP contribution in [0.4, 0.5) is 0 Å². The molecule has 0 aliphatic rings. The highest BCUT2D eigenvalue weighted by Crippen LogP contribution is 2.38. The minimum Gasteiger partial charge on any atom is -0.494 e. The molecule has 19 heavy (non-hydrogen) atoms. The van der Waals surface area contributed by atoms with Crippen molar-refractivity contribution >= 4 is 5.97 Å². The standard InChI is InChI=1S/C11H12N2O6/c1-11(10(18)19,12-6(14)2-3-7(12)15)13-8(16)4-5-9(13)17/h2-5,14-17H,1H3,(H,18,19). The molecule has 0 atom stereocenters. The first-order valence-electron chi connectivity index (χ1n) is 5.24. The molecule has 0 unspecified atom stereocenters. The zero-order chi connectivity index (χ0) is 14.4. The van der Waals surface area contributed by atoms with E-state index >= 15 is 0 Å². The van der Waals surface area contributed by atoms with Gasteiger partial charge in [-0.05, 0) is 6.92 Å². The predicted molar refractivity (Wildman–Crippen MR) is 62.2 cm³/mol. The van der Waals surface area contributed by atoms with Crippen LogP contribution >= 0.6 is 0 Å². The third kappa shape index (κ3) is 1.57. The maximum atomic E-state index is 11.5. The summed E-state index contributed by atoms with van der Waals surface area (Å²) in [4.78, 5) is 11.5. The maximum Gasteiger partial charge on any atom is 0.351 e. The van der Waals surface area contributed by atoms with Gasteiger partial charge in [-0.25, -0.2) is 13.9 Å². The van der Waals surface area contributed by atoms with E-state index in [0.29, 0.717) is 9.13 Å². The van der Waals surface area contributed by atoms with Crippen molar-refractivity contribution in [1.29, 1.82) is 0 Å². The SMILES string of the molecule is CC(C(=O)O)(n1c(O)ccc1O)n1c(O)ccc1O. The summed E-state index contributed by atoms with van der Waals surface area (Å²) in [6.07, 6.45) is 0. The molecule has 0 fully saturated rings. The van der Waals surface area contributed by atoms with Gasteiger partial charge >= 0.3 is 5.97 Å². The highest BCUT2D eigenvalue weighted by Gasteiger charge is 2.43. The van der Waals surface area contributed by atoms with Crippen LogP contribution in [0.2, 0.25) is 0 Å². The molecular weight excluding hydrogens is 256 g/mol. The number of aliphatic carboxylic acids is 1. The lowest BCUT2D eigenvalue weighted by molar-refractivity contribution is -0.149. The summed E-state index contributed by atoms with van der Waals surface area (Å²) >= 11 is 0. The number of hydrogen-bond acceptors (Lipinski definition) is 5. The Kier molecular flexibility index (Phi) is 2.58. The molecule has 0 aliphatic carbocycles. The number of rotatable bonds is 3. The topological polar surface area (TPSA) is 128 Å². The smallest absolute Gasteiger partial charge is 0.351 e. The van der Waals surface area contributed by atoms with Crippen LogP contribution in [0.15, 0.2) is 24.3 Å². The third-order valence-corrected chi connectivity index (χ3v) is 2.96. The summed E-state index contributed by atoms with van der Waals surface area (Å²) in [5.74, 6) is -3.63. The Balaban J connectivity index is 2.80. The molecule has 2 aromatic rings. The van der Waals surface area contributed by atoms with Crippen molar-refractivity contribution in [1.82, 2.24) is 9.13 Å². The summed E-state index contributed by atoms with van der Waals surface area (Å²) in [7, 11) is 0. The molecule has 102 valence electrons. The number of carboxylic acids is 1. The number of aromatic nitrogens is 2. The summed E-state index contributed by atoms with van der Waals surface area (Å²) in [6.45, 7) is 1.11. The van der Waals surface area contributed by atoms with Crippen LogP contribution in [0.3, 0.4) is 0 Å². The summed E-state index contributed by atoms with van der Waals surface area (Å²) in [5.41, 5.74) is -2.14. The first-order chi connectivity index (χ1) is 8.80. The molecule has 2 aromatic heterocycles. The van der Waals surface area contributed by atoms with Crippen LogP contribution in [0.5, 0.6) is 23.5 Å². The van der Waals surface area contributed by atoms with Crippen molar-refractivity contribution < 1.29 is 30.3 Å². The second-order valence-electron chi connectivity index (χ2n) is 4.10. The summed E-state index contributed by atoms with van der Waals surface area (Å²) in [6, 6.07) is 4.37. The predicted octanol–water partition coefficient (Wildman–Crippen LogP) is 0.418. The first kappa shape index (κ1) is 12.7. The fraction of sp³-hybridized carbons (Fsp3) is 0.182. The molecule has 0 saturated heterocycles. The minimum atomic E-state index is -2.14. The second-order valence-corrected chi connectivity index (χ2v) is 4.10. The Bertz CT molecular complexity index is 556. The Labute approximate surface area is 107 Å². The molecule has 0 aliphatic heterocycles. The summed E-state index contributed by atoms with van der Waals surface area (Å²) < 4.78 is 1.32. The first-order valence-corrected chi connectivity index (χ1v) is 5.24. The van der Waals surface area contributed by atoms with Gasteiger partial charge in [0, 0.05) is 24.3 Å². The van der Waals surface area contributed by atoms with Gasteiger partial charge in [0.15, 0.2) is 23.5 Å². The molecule has 0 amide bonds. The quantitative estimate of drug-likeness (QED) is 0.548. The van der Waals surface area contributed by atoms with Gasteiger partial charge in [0.1, 0.15) is 0 Å². The van der Waals surface area contributed by atoms with Crippen molar-refractivity contribution in [3.05, 3.63) is 24.3 Å². The molecule has 0 bridgehead atoms. The van der Waals surface area contributed by atoms with Gasteiger partial charge in [0.05, 0.1) is 0 Å². The van der Waals surface area contributed by atoms with Crippen molar-refractivity contribution in [3.8, 4) is 23.5 Å². The van der Waals surface area contributed by atoms with Crippen LogP contribution in [0.25, 0.3) is 0 Å². The van der Waals surface area contributed by atoms with Gasteiger partial charge < -0.3 is 25.5 Å². The van der Waals surface area contributed by atoms with Crippen LogP contribution < -0.4 is 0 Å². The van der Waals surface area contributed by atoms with Crippen molar-refractivity contribution in [3.63, 3.8) is 0 Å². The molecule has 8 nitrogen and oxygen atoms in total. The molecule has 0 saturated carbocycles. The average Bonchev–Trinajstić information content (AvgIpc) is 2.82. The van der Waals surface area contributed by atoms with E-state index in [0.717, 1.165) is 31.2 Å².